The van der Waals surface area contributed by atoms with Gasteiger partial charge in [-0.1, -0.05) is 6.92 Å². The number of rotatable bonds is 5. The largest absolute Gasteiger partial charge is 0.437 e. The van der Waals surface area contributed by atoms with Gasteiger partial charge in [-0.05, 0) is 38.6 Å². The third kappa shape index (κ3) is 3.30. The molecule has 0 aliphatic carbocycles. The molecule has 0 saturated heterocycles. The molecule has 0 aromatic carbocycles. The number of ether oxygens (including phenoxy) is 1. The first-order valence-corrected chi connectivity index (χ1v) is 6.57. The zero-order valence-corrected chi connectivity index (χ0v) is 11.9. The predicted molar refractivity (Wildman–Crippen MR) is 75.4 cm³/mol. The van der Waals surface area contributed by atoms with Gasteiger partial charge in [-0.25, -0.2) is 9.37 Å². The lowest BCUT2D eigenvalue weighted by molar-refractivity contribution is 0.442. The lowest BCUT2D eigenvalue weighted by Gasteiger charge is -2.12. The molecule has 2 heterocycles. The maximum absolute atomic E-state index is 13.2. The Morgan fingerprint density at radius 2 is 2.15 bits per heavy atom. The van der Waals surface area contributed by atoms with E-state index in [0.29, 0.717) is 23.7 Å². The van der Waals surface area contributed by atoms with Gasteiger partial charge >= 0.3 is 0 Å². The highest BCUT2D eigenvalue weighted by Gasteiger charge is 2.11. The van der Waals surface area contributed by atoms with Crippen LogP contribution in [0.5, 0.6) is 11.6 Å². The number of nitrogens with zero attached hydrogens (tertiary/aromatic N) is 2. The van der Waals surface area contributed by atoms with Crippen LogP contribution < -0.4 is 10.1 Å². The van der Waals surface area contributed by atoms with Crippen molar-refractivity contribution < 1.29 is 9.13 Å². The van der Waals surface area contributed by atoms with Gasteiger partial charge in [0.25, 0.3) is 0 Å². The lowest BCUT2D eigenvalue weighted by Crippen LogP contribution is -2.08. The third-order valence-electron chi connectivity index (χ3n) is 2.87. The maximum atomic E-state index is 13.2. The van der Waals surface area contributed by atoms with Crippen LogP contribution in [0.2, 0.25) is 0 Å². The topological polar surface area (TPSA) is 47.0 Å². The highest BCUT2D eigenvalue weighted by atomic mass is 19.1. The molecule has 0 atom stereocenters. The Labute approximate surface area is 118 Å². The van der Waals surface area contributed by atoms with Gasteiger partial charge in [-0.3, -0.25) is 4.98 Å². The van der Waals surface area contributed by atoms with E-state index in [0.717, 1.165) is 24.0 Å². The second-order valence-corrected chi connectivity index (χ2v) is 4.50. The second kappa shape index (κ2) is 6.43. The normalized spacial score (nSPS) is 10.6. The van der Waals surface area contributed by atoms with Gasteiger partial charge in [0.15, 0.2) is 5.75 Å². The fourth-order valence-corrected chi connectivity index (χ4v) is 1.93. The van der Waals surface area contributed by atoms with Crippen molar-refractivity contribution in [3.8, 4) is 11.6 Å². The summed E-state index contributed by atoms with van der Waals surface area (Å²) in [5.74, 6) is 0.691. The molecule has 2 aromatic rings. The van der Waals surface area contributed by atoms with Crippen LogP contribution in [-0.4, -0.2) is 17.0 Å². The number of hydrogen-bond acceptors (Lipinski definition) is 4. The zero-order chi connectivity index (χ0) is 14.5. The molecule has 0 amide bonds. The first-order chi connectivity index (χ1) is 9.63. The molecule has 0 fully saturated rings. The first-order valence-electron chi connectivity index (χ1n) is 6.57. The Morgan fingerprint density at radius 1 is 1.35 bits per heavy atom. The molecular weight excluding hydrogens is 257 g/mol. The Balaban J connectivity index is 2.34. The van der Waals surface area contributed by atoms with Gasteiger partial charge in [0, 0.05) is 17.8 Å². The molecule has 0 radical (unpaired) electrons. The van der Waals surface area contributed by atoms with Gasteiger partial charge in [0.05, 0.1) is 11.9 Å². The lowest BCUT2D eigenvalue weighted by atomic mass is 10.2. The smallest absolute Gasteiger partial charge is 0.224 e. The molecular formula is C15H18FN3O. The van der Waals surface area contributed by atoms with Crippen molar-refractivity contribution in [3.05, 3.63) is 47.2 Å². The molecule has 20 heavy (non-hydrogen) atoms. The van der Waals surface area contributed by atoms with E-state index < -0.39 is 0 Å². The number of aromatic nitrogens is 2. The van der Waals surface area contributed by atoms with Crippen molar-refractivity contribution in [1.82, 2.24) is 15.3 Å². The van der Waals surface area contributed by atoms with Crippen molar-refractivity contribution in [3.63, 3.8) is 0 Å². The Hall–Kier alpha value is -2.01. The minimum Gasteiger partial charge on any atom is -0.437 e. The van der Waals surface area contributed by atoms with E-state index in [1.165, 1.54) is 6.07 Å². The summed E-state index contributed by atoms with van der Waals surface area (Å²) >= 11 is 0. The van der Waals surface area contributed by atoms with E-state index in [2.05, 4.69) is 15.3 Å². The van der Waals surface area contributed by atoms with Crippen LogP contribution in [0.25, 0.3) is 0 Å². The summed E-state index contributed by atoms with van der Waals surface area (Å²) in [7, 11) is 1.79. The van der Waals surface area contributed by atoms with E-state index in [9.17, 15) is 4.39 Å². The van der Waals surface area contributed by atoms with Crippen LogP contribution >= 0.6 is 0 Å². The maximum Gasteiger partial charge on any atom is 0.224 e. The van der Waals surface area contributed by atoms with E-state index in [1.807, 2.05) is 26.0 Å². The first kappa shape index (κ1) is 14.4. The predicted octanol–water partition coefficient (Wildman–Crippen LogP) is 3.00. The van der Waals surface area contributed by atoms with Crippen LogP contribution in [0.15, 0.2) is 24.4 Å². The summed E-state index contributed by atoms with van der Waals surface area (Å²) in [4.78, 5) is 8.46. The summed E-state index contributed by atoms with van der Waals surface area (Å²) in [5, 5.41) is 2.97. The van der Waals surface area contributed by atoms with Crippen molar-refractivity contribution in [2.24, 2.45) is 0 Å². The van der Waals surface area contributed by atoms with Crippen LogP contribution in [0.1, 0.15) is 23.9 Å². The molecule has 0 unspecified atom stereocenters. The highest BCUT2D eigenvalue weighted by molar-refractivity contribution is 5.36. The second-order valence-electron chi connectivity index (χ2n) is 4.50. The summed E-state index contributed by atoms with van der Waals surface area (Å²) < 4.78 is 19.1. The molecule has 5 heteroatoms. The average Bonchev–Trinajstić information content (AvgIpc) is 2.43. The monoisotopic (exact) mass is 275 g/mol. The number of nitrogens with one attached hydrogen (secondary N) is 1. The van der Waals surface area contributed by atoms with Crippen LogP contribution in [0.4, 0.5) is 4.39 Å². The van der Waals surface area contributed by atoms with Crippen molar-refractivity contribution in [1.29, 1.82) is 0 Å². The molecule has 1 N–H and O–H groups in total. The van der Waals surface area contributed by atoms with Crippen LogP contribution in [0, 0.1) is 12.7 Å². The Kier molecular flexibility index (Phi) is 4.63. The van der Waals surface area contributed by atoms with Gasteiger partial charge in [-0.15, -0.1) is 0 Å². The SMILES string of the molecule is CCc1nc(C)ccc1Oc1ncc(F)cc1CNC. The molecule has 106 valence electrons. The summed E-state index contributed by atoms with van der Waals surface area (Å²) in [6, 6.07) is 5.18. The minimum absolute atomic E-state index is 0.375. The van der Waals surface area contributed by atoms with Gasteiger partial charge in [0.1, 0.15) is 5.82 Å². The van der Waals surface area contributed by atoms with Crippen LogP contribution in [0.3, 0.4) is 0 Å². The number of hydrogen-bond donors (Lipinski definition) is 1. The molecule has 0 aliphatic heterocycles. The minimum atomic E-state index is -0.375. The summed E-state index contributed by atoms with van der Waals surface area (Å²) in [6.07, 6.45) is 1.92. The standard InChI is InChI=1S/C15H18FN3O/c1-4-13-14(6-5-10(2)19-13)20-15-11(8-17-3)7-12(16)9-18-15/h5-7,9,17H,4,8H2,1-3H3. The van der Waals surface area contributed by atoms with Crippen molar-refractivity contribution >= 4 is 0 Å². The summed E-state index contributed by atoms with van der Waals surface area (Å²) in [6.45, 7) is 4.44. The van der Waals surface area contributed by atoms with Gasteiger partial charge in [-0.2, -0.15) is 0 Å². The molecule has 0 spiro atoms. The zero-order valence-electron chi connectivity index (χ0n) is 11.9. The Morgan fingerprint density at radius 3 is 2.85 bits per heavy atom. The van der Waals surface area contributed by atoms with Crippen molar-refractivity contribution in [2.75, 3.05) is 7.05 Å². The highest BCUT2D eigenvalue weighted by Crippen LogP contribution is 2.26. The Bertz CT molecular complexity index is 602. The average molecular weight is 275 g/mol. The van der Waals surface area contributed by atoms with Gasteiger partial charge in [0.2, 0.25) is 5.88 Å². The van der Waals surface area contributed by atoms with Gasteiger partial charge < -0.3 is 10.1 Å². The number of halogens is 1. The van der Waals surface area contributed by atoms with E-state index in [4.69, 9.17) is 4.74 Å². The van der Waals surface area contributed by atoms with E-state index >= 15 is 0 Å². The third-order valence-corrected chi connectivity index (χ3v) is 2.87. The molecule has 0 saturated carbocycles. The molecule has 0 aliphatic rings. The molecule has 2 aromatic heterocycles. The number of pyridine rings is 2. The fraction of sp³-hybridized carbons (Fsp3) is 0.333. The fourth-order valence-electron chi connectivity index (χ4n) is 1.93. The van der Waals surface area contributed by atoms with E-state index in [1.54, 1.807) is 7.05 Å². The van der Waals surface area contributed by atoms with E-state index in [-0.39, 0.29) is 5.82 Å². The van der Waals surface area contributed by atoms with Crippen LogP contribution in [-0.2, 0) is 13.0 Å². The molecule has 2 rings (SSSR count). The molecule has 0 bridgehead atoms. The quantitative estimate of drug-likeness (QED) is 0.911. The summed E-state index contributed by atoms with van der Waals surface area (Å²) in [5.41, 5.74) is 2.48. The van der Waals surface area contributed by atoms with Crippen molar-refractivity contribution in [2.45, 2.75) is 26.8 Å². The molecule has 4 nitrogen and oxygen atoms in total. The number of aryl methyl sites for hydroxylation is 2.